The summed E-state index contributed by atoms with van der Waals surface area (Å²) in [6, 6.07) is 10.0. The Morgan fingerprint density at radius 3 is 2.63 bits per heavy atom. The molecule has 0 aliphatic rings. The number of aromatic nitrogens is 2. The predicted molar refractivity (Wildman–Crippen MR) is 96.0 cm³/mol. The maximum atomic E-state index is 13.1. The van der Waals surface area contributed by atoms with E-state index >= 15 is 0 Å². The van der Waals surface area contributed by atoms with Gasteiger partial charge in [0.2, 0.25) is 10.0 Å². The summed E-state index contributed by atoms with van der Waals surface area (Å²) in [6.45, 7) is 0.449. The normalized spacial score (nSPS) is 12.6. The van der Waals surface area contributed by atoms with Crippen LogP contribution in [0.3, 0.4) is 0 Å². The van der Waals surface area contributed by atoms with Crippen LogP contribution in [0, 0.1) is 0 Å². The third-order valence-electron chi connectivity index (χ3n) is 3.93. The Hall–Kier alpha value is -2.10. The molecule has 0 fully saturated rings. The van der Waals surface area contributed by atoms with Gasteiger partial charge < -0.3 is 4.57 Å². The molecule has 144 valence electrons. The zero-order chi connectivity index (χ0) is 19.7. The standard InChI is InChI=1S/C17H15ClF3N3O2S/c18-12-6-7-16(13(10-12)17(19,20)21)27(25,26)23-8-3-9-24-11-22-14-4-1-2-5-15(14)24/h1-2,4-7,10-11,23H,3,8-9H2. The van der Waals surface area contributed by atoms with Gasteiger partial charge >= 0.3 is 6.18 Å². The van der Waals surface area contributed by atoms with Crippen LogP contribution in [0.1, 0.15) is 12.0 Å². The molecule has 0 radical (unpaired) electrons. The monoisotopic (exact) mass is 417 g/mol. The minimum absolute atomic E-state index is 0.0191. The number of para-hydroxylation sites is 2. The van der Waals surface area contributed by atoms with E-state index in [0.717, 1.165) is 23.2 Å². The van der Waals surface area contributed by atoms with Gasteiger partial charge in [0.05, 0.1) is 27.8 Å². The Morgan fingerprint density at radius 2 is 1.89 bits per heavy atom. The molecule has 1 aromatic heterocycles. The van der Waals surface area contributed by atoms with Gasteiger partial charge in [-0.1, -0.05) is 23.7 Å². The first-order valence-corrected chi connectivity index (χ1v) is 9.81. The summed E-state index contributed by atoms with van der Waals surface area (Å²) < 4.78 is 68.1. The average molecular weight is 418 g/mol. The van der Waals surface area contributed by atoms with Crippen molar-refractivity contribution in [3.05, 3.63) is 59.4 Å². The number of aryl methyl sites for hydroxylation is 1. The molecule has 0 atom stereocenters. The molecule has 0 aliphatic carbocycles. The summed E-state index contributed by atoms with van der Waals surface area (Å²) in [5, 5.41) is -0.187. The number of hydrogen-bond acceptors (Lipinski definition) is 3. The molecular formula is C17H15ClF3N3O2S. The molecule has 1 N–H and O–H groups in total. The SMILES string of the molecule is O=S(=O)(NCCCn1cnc2ccccc21)c1ccc(Cl)cc1C(F)(F)F. The molecule has 10 heteroatoms. The molecule has 3 rings (SSSR count). The van der Waals surface area contributed by atoms with E-state index in [0.29, 0.717) is 19.0 Å². The third kappa shape index (κ3) is 4.42. The highest BCUT2D eigenvalue weighted by molar-refractivity contribution is 7.89. The fraction of sp³-hybridized carbons (Fsp3) is 0.235. The molecule has 0 saturated heterocycles. The second-order valence-electron chi connectivity index (χ2n) is 5.82. The van der Waals surface area contributed by atoms with Crippen molar-refractivity contribution in [2.45, 2.75) is 24.0 Å². The number of nitrogens with zero attached hydrogens (tertiary/aromatic N) is 2. The molecule has 1 heterocycles. The molecular weight excluding hydrogens is 403 g/mol. The Balaban J connectivity index is 1.69. The first kappa shape index (κ1) is 19.7. The van der Waals surface area contributed by atoms with E-state index in [9.17, 15) is 21.6 Å². The number of rotatable bonds is 6. The number of halogens is 4. The van der Waals surface area contributed by atoms with Gasteiger partial charge in [-0.15, -0.1) is 0 Å². The molecule has 0 aliphatic heterocycles. The Bertz CT molecular complexity index is 1060. The van der Waals surface area contributed by atoms with Gasteiger partial charge in [0.25, 0.3) is 0 Å². The molecule has 5 nitrogen and oxygen atoms in total. The largest absolute Gasteiger partial charge is 0.417 e. The van der Waals surface area contributed by atoms with Gasteiger partial charge in [-0.2, -0.15) is 13.2 Å². The highest BCUT2D eigenvalue weighted by atomic mass is 35.5. The Morgan fingerprint density at radius 1 is 1.15 bits per heavy atom. The quantitative estimate of drug-likeness (QED) is 0.615. The summed E-state index contributed by atoms with van der Waals surface area (Å²) in [5.41, 5.74) is 0.426. The van der Waals surface area contributed by atoms with E-state index in [1.807, 2.05) is 28.8 Å². The van der Waals surface area contributed by atoms with Crippen LogP contribution < -0.4 is 4.72 Å². The lowest BCUT2D eigenvalue weighted by Gasteiger charge is -2.14. The number of hydrogen-bond donors (Lipinski definition) is 1. The second kappa shape index (κ2) is 7.49. The van der Waals surface area contributed by atoms with E-state index < -0.39 is 26.7 Å². The molecule has 2 aromatic carbocycles. The Kier molecular flexibility index (Phi) is 5.45. The van der Waals surface area contributed by atoms with Gasteiger partial charge in [0.15, 0.2) is 0 Å². The van der Waals surface area contributed by atoms with E-state index in [1.54, 1.807) is 6.33 Å². The average Bonchev–Trinajstić information content (AvgIpc) is 3.01. The number of imidazole rings is 1. The van der Waals surface area contributed by atoms with Gasteiger partial charge in [-0.25, -0.2) is 18.1 Å². The van der Waals surface area contributed by atoms with Crippen molar-refractivity contribution in [1.29, 1.82) is 0 Å². The van der Waals surface area contributed by atoms with Crippen LogP contribution in [0.15, 0.2) is 53.7 Å². The van der Waals surface area contributed by atoms with Gasteiger partial charge in [-0.05, 0) is 36.8 Å². The lowest BCUT2D eigenvalue weighted by atomic mass is 10.2. The van der Waals surface area contributed by atoms with Crippen molar-refractivity contribution >= 4 is 32.7 Å². The maximum Gasteiger partial charge on any atom is 0.417 e. The highest BCUT2D eigenvalue weighted by Crippen LogP contribution is 2.35. The lowest BCUT2D eigenvalue weighted by Crippen LogP contribution is -2.27. The van der Waals surface area contributed by atoms with Crippen LogP contribution in [-0.4, -0.2) is 24.5 Å². The smallest absolute Gasteiger partial charge is 0.331 e. The Labute approximate surface area is 158 Å². The van der Waals surface area contributed by atoms with E-state index in [2.05, 4.69) is 9.71 Å². The van der Waals surface area contributed by atoms with Crippen molar-refractivity contribution in [1.82, 2.24) is 14.3 Å². The van der Waals surface area contributed by atoms with Crippen LogP contribution in [-0.2, 0) is 22.7 Å². The van der Waals surface area contributed by atoms with Crippen LogP contribution >= 0.6 is 11.6 Å². The minimum atomic E-state index is -4.83. The fourth-order valence-electron chi connectivity index (χ4n) is 2.68. The van der Waals surface area contributed by atoms with E-state index in [1.165, 1.54) is 0 Å². The predicted octanol–water partition coefficient (Wildman–Crippen LogP) is 4.08. The molecule has 0 saturated carbocycles. The number of benzene rings is 2. The van der Waals surface area contributed by atoms with Crippen LogP contribution in [0.4, 0.5) is 13.2 Å². The summed E-state index contributed by atoms with van der Waals surface area (Å²) in [6.07, 6.45) is -2.81. The highest BCUT2D eigenvalue weighted by Gasteiger charge is 2.37. The number of sulfonamides is 1. The molecule has 3 aromatic rings. The van der Waals surface area contributed by atoms with Crippen molar-refractivity contribution in [3.8, 4) is 0 Å². The minimum Gasteiger partial charge on any atom is -0.331 e. The molecule has 0 spiro atoms. The van der Waals surface area contributed by atoms with Crippen molar-refractivity contribution in [2.75, 3.05) is 6.54 Å². The summed E-state index contributed by atoms with van der Waals surface area (Å²) >= 11 is 5.58. The number of alkyl halides is 3. The van der Waals surface area contributed by atoms with Gasteiger partial charge in [0.1, 0.15) is 0 Å². The number of fused-ring (bicyclic) bond motifs is 1. The molecule has 0 bridgehead atoms. The van der Waals surface area contributed by atoms with E-state index in [4.69, 9.17) is 11.6 Å². The van der Waals surface area contributed by atoms with Crippen molar-refractivity contribution < 1.29 is 21.6 Å². The maximum absolute atomic E-state index is 13.1. The zero-order valence-corrected chi connectivity index (χ0v) is 15.4. The molecule has 27 heavy (non-hydrogen) atoms. The van der Waals surface area contributed by atoms with Crippen molar-refractivity contribution in [3.63, 3.8) is 0 Å². The molecule has 0 unspecified atom stereocenters. The topological polar surface area (TPSA) is 64.0 Å². The van der Waals surface area contributed by atoms with Gasteiger partial charge in [-0.3, -0.25) is 0 Å². The van der Waals surface area contributed by atoms with Crippen LogP contribution in [0.2, 0.25) is 5.02 Å². The summed E-state index contributed by atoms with van der Waals surface area (Å²) in [7, 11) is -4.33. The summed E-state index contributed by atoms with van der Waals surface area (Å²) in [5.74, 6) is 0. The zero-order valence-electron chi connectivity index (χ0n) is 13.9. The lowest BCUT2D eigenvalue weighted by molar-refractivity contribution is -0.139. The number of nitrogens with one attached hydrogen (secondary N) is 1. The van der Waals surface area contributed by atoms with E-state index in [-0.39, 0.29) is 11.6 Å². The van der Waals surface area contributed by atoms with Gasteiger partial charge in [0, 0.05) is 18.1 Å². The first-order chi connectivity index (χ1) is 12.7. The third-order valence-corrected chi connectivity index (χ3v) is 5.69. The fourth-order valence-corrected chi connectivity index (χ4v) is 4.13. The van der Waals surface area contributed by atoms with Crippen molar-refractivity contribution in [2.24, 2.45) is 0 Å². The van der Waals surface area contributed by atoms with Crippen LogP contribution in [0.5, 0.6) is 0 Å². The summed E-state index contributed by atoms with van der Waals surface area (Å²) in [4.78, 5) is 3.39. The molecule has 0 amide bonds. The first-order valence-electron chi connectivity index (χ1n) is 7.95. The second-order valence-corrected chi connectivity index (χ2v) is 7.99. The van der Waals surface area contributed by atoms with Crippen LogP contribution in [0.25, 0.3) is 11.0 Å².